The van der Waals surface area contributed by atoms with Crippen LogP contribution in [0.5, 0.6) is 5.75 Å². The number of nitrogens with zero attached hydrogens (tertiary/aromatic N) is 2. The first kappa shape index (κ1) is 46.8. The maximum absolute atomic E-state index is 16.4. The minimum absolute atomic E-state index is 0.0118. The van der Waals surface area contributed by atoms with Crippen molar-refractivity contribution >= 4 is 63.9 Å². The maximum Gasteiger partial charge on any atom is 0.255 e. The monoisotopic (exact) mass is 984 g/mol. The summed E-state index contributed by atoms with van der Waals surface area (Å²) in [6.45, 7) is 9.23. The zero-order valence-electron chi connectivity index (χ0n) is 40.0. The van der Waals surface area contributed by atoms with Crippen LogP contribution in [0.15, 0.2) is 72.8 Å². The van der Waals surface area contributed by atoms with Gasteiger partial charge < -0.3 is 30.5 Å². The van der Waals surface area contributed by atoms with Gasteiger partial charge >= 0.3 is 0 Å². The predicted octanol–water partition coefficient (Wildman–Crippen LogP) is 9.57. The van der Waals surface area contributed by atoms with Gasteiger partial charge in [-0.3, -0.25) is 24.5 Å². The van der Waals surface area contributed by atoms with E-state index in [1.54, 1.807) is 30.2 Å². The lowest BCUT2D eigenvalue weighted by atomic mass is 9.58. The molecule has 4 aromatic carbocycles. The molecule has 5 heterocycles. The van der Waals surface area contributed by atoms with Gasteiger partial charge in [0.05, 0.1) is 23.9 Å². The Labute approximate surface area is 418 Å². The van der Waals surface area contributed by atoms with Crippen molar-refractivity contribution in [3.63, 3.8) is 0 Å². The van der Waals surface area contributed by atoms with Gasteiger partial charge in [-0.1, -0.05) is 86.1 Å². The molecular formula is C56H59Cl2FN6O5. The Balaban J connectivity index is 0.768. The standard InChI is InChI=1S/C56H59Cl2FN6O5/c1-54(2,3)27-46-56(29-60-43-23-33(57)14-16-40(43)56)48(37-10-6-11-41(58)49(37)59)50(62-46)52(68)61-42-17-15-34(24-45(42)70-4)64-21-7-20-55(30-64)25-31(26-55)12-13-32-22-38(32)35-8-5-9-36-39(35)28-65(53(36)69)44-18-19-47(66)63-51(44)67/h5-6,8-11,14-17,23-24,31-32,38,44,46,48,50,60,62H,7,18-22,25-30H2,1-4H3,(H,61,68)(H,63,66,67)/t31?,32-,38+,44?,46-,48-,50+,55?,56-/m0/s1. The highest BCUT2D eigenvalue weighted by atomic mass is 35.5. The Morgan fingerprint density at radius 1 is 1.00 bits per heavy atom. The lowest BCUT2D eigenvalue weighted by molar-refractivity contribution is -0.137. The summed E-state index contributed by atoms with van der Waals surface area (Å²) in [6, 6.07) is 21.1. The summed E-state index contributed by atoms with van der Waals surface area (Å²) in [5.41, 5.74) is 5.98. The Bertz CT molecular complexity index is 2900. The fourth-order valence-electron chi connectivity index (χ4n) is 13.2. The second-order valence-corrected chi connectivity index (χ2v) is 23.0. The summed E-state index contributed by atoms with van der Waals surface area (Å²) >= 11 is 13.0. The smallest absolute Gasteiger partial charge is 0.255 e. The summed E-state index contributed by atoms with van der Waals surface area (Å²) < 4.78 is 22.4. The number of carbonyl (C=O) groups is 4. The van der Waals surface area contributed by atoms with Crippen LogP contribution in [0.3, 0.4) is 0 Å². The molecule has 4 aromatic rings. The van der Waals surface area contributed by atoms with Gasteiger partial charge in [0, 0.05) is 89.8 Å². The van der Waals surface area contributed by atoms with Crippen LogP contribution in [0, 0.1) is 40.3 Å². The van der Waals surface area contributed by atoms with E-state index >= 15 is 4.39 Å². The predicted molar refractivity (Wildman–Crippen MR) is 270 cm³/mol. The van der Waals surface area contributed by atoms with E-state index in [9.17, 15) is 19.2 Å². The molecule has 70 heavy (non-hydrogen) atoms. The van der Waals surface area contributed by atoms with Crippen LogP contribution < -0.4 is 30.9 Å². The Morgan fingerprint density at radius 3 is 2.59 bits per heavy atom. The molecule has 1 unspecified atom stereocenters. The van der Waals surface area contributed by atoms with Crippen LogP contribution in [-0.4, -0.2) is 73.4 Å². The molecule has 2 saturated carbocycles. The van der Waals surface area contributed by atoms with Crippen molar-refractivity contribution < 1.29 is 28.3 Å². The molecule has 11 rings (SSSR count). The first-order valence-corrected chi connectivity index (χ1v) is 25.6. The average Bonchev–Trinajstić information content (AvgIpc) is 3.74. The third-order valence-corrected chi connectivity index (χ3v) is 17.0. The Hall–Kier alpha value is -5.61. The zero-order chi connectivity index (χ0) is 48.9. The number of nitrogens with one attached hydrogen (secondary N) is 4. The van der Waals surface area contributed by atoms with E-state index in [0.29, 0.717) is 53.0 Å². The number of fused-ring (bicyclic) bond motifs is 3. The molecule has 364 valence electrons. The van der Waals surface area contributed by atoms with Crippen molar-refractivity contribution in [1.29, 1.82) is 0 Å². The lowest BCUT2D eigenvalue weighted by Crippen LogP contribution is -2.52. The number of rotatable bonds is 8. The van der Waals surface area contributed by atoms with Gasteiger partial charge in [-0.25, -0.2) is 4.39 Å². The van der Waals surface area contributed by atoms with Gasteiger partial charge in [-0.2, -0.15) is 0 Å². The number of amides is 4. The molecule has 2 aliphatic carbocycles. The molecule has 7 aliphatic rings. The third kappa shape index (κ3) is 8.19. The van der Waals surface area contributed by atoms with Crippen LogP contribution >= 0.6 is 23.2 Å². The SMILES string of the molecule is COc1cc(N2CCCC3(CC(C#C[C@H]4C[C@H]4c4cccc5c4CN(C4CCC(=O)NC4=O)C5=O)C3)C2)ccc1NC(=O)[C@@H]1N[C@@H](CC(C)(C)C)[C@@]2(CNc3cc(Cl)ccc32)[C@H]1c1cccc(Cl)c1F. The number of imide groups is 1. The van der Waals surface area contributed by atoms with Crippen molar-refractivity contribution in [2.45, 2.75) is 114 Å². The van der Waals surface area contributed by atoms with Gasteiger partial charge in [-0.05, 0) is 120 Å². The number of ether oxygens (including phenoxy) is 1. The topological polar surface area (TPSA) is 132 Å². The quantitative estimate of drug-likeness (QED) is 0.102. The fourth-order valence-corrected chi connectivity index (χ4v) is 13.5. The number of hydrogen-bond acceptors (Lipinski definition) is 8. The van der Waals surface area contributed by atoms with E-state index in [1.807, 2.05) is 42.5 Å². The highest BCUT2D eigenvalue weighted by Gasteiger charge is 2.62. The highest BCUT2D eigenvalue weighted by Crippen LogP contribution is 2.58. The molecule has 0 aromatic heterocycles. The van der Waals surface area contributed by atoms with Crippen LogP contribution in [0.25, 0.3) is 0 Å². The number of carbonyl (C=O) groups excluding carboxylic acids is 4. The fraction of sp³-hybridized carbons (Fsp3) is 0.464. The molecule has 7 atom stereocenters. The van der Waals surface area contributed by atoms with E-state index < -0.39 is 35.1 Å². The molecule has 0 radical (unpaired) electrons. The largest absolute Gasteiger partial charge is 0.494 e. The third-order valence-electron chi connectivity index (χ3n) is 16.5. The highest BCUT2D eigenvalue weighted by molar-refractivity contribution is 6.31. The molecule has 3 saturated heterocycles. The van der Waals surface area contributed by atoms with Gasteiger partial charge in [-0.15, -0.1) is 0 Å². The van der Waals surface area contributed by atoms with E-state index in [-0.39, 0.29) is 57.9 Å². The second kappa shape index (κ2) is 17.6. The molecule has 14 heteroatoms. The first-order valence-electron chi connectivity index (χ1n) is 24.8. The van der Waals surface area contributed by atoms with E-state index in [2.05, 4.69) is 70.9 Å². The molecular weight excluding hydrogens is 927 g/mol. The zero-order valence-corrected chi connectivity index (χ0v) is 41.5. The molecule has 2 spiro atoms. The summed E-state index contributed by atoms with van der Waals surface area (Å²) in [5.74, 6) is 6.39. The minimum atomic E-state index is -0.821. The van der Waals surface area contributed by atoms with Crippen LogP contribution in [-0.2, 0) is 26.3 Å². The number of halogens is 3. The van der Waals surface area contributed by atoms with Crippen LogP contribution in [0.1, 0.15) is 117 Å². The summed E-state index contributed by atoms with van der Waals surface area (Å²) in [6.07, 6.45) is 6.57. The number of hydrogen-bond donors (Lipinski definition) is 4. The molecule has 5 aliphatic heterocycles. The van der Waals surface area contributed by atoms with Gasteiger partial charge in [0.15, 0.2) is 0 Å². The van der Waals surface area contributed by atoms with Crippen molar-refractivity contribution in [2.24, 2.45) is 22.7 Å². The summed E-state index contributed by atoms with van der Waals surface area (Å²) in [7, 11) is 1.62. The molecule has 4 N–H and O–H groups in total. The Kier molecular flexibility index (Phi) is 11.8. The molecule has 5 fully saturated rings. The number of methoxy groups -OCH3 is 1. The summed E-state index contributed by atoms with van der Waals surface area (Å²) in [4.78, 5) is 56.8. The maximum atomic E-state index is 16.4. The van der Waals surface area contributed by atoms with Gasteiger partial charge in [0.2, 0.25) is 17.7 Å². The molecule has 11 nitrogen and oxygen atoms in total. The van der Waals surface area contributed by atoms with E-state index in [4.69, 9.17) is 27.9 Å². The van der Waals surface area contributed by atoms with Crippen molar-refractivity contribution in [3.8, 4) is 17.6 Å². The number of anilines is 3. The number of piperidine rings is 2. The molecule has 0 bridgehead atoms. The van der Waals surface area contributed by atoms with Crippen molar-refractivity contribution in [1.82, 2.24) is 15.5 Å². The normalized spacial score (nSPS) is 29.8. The second-order valence-electron chi connectivity index (χ2n) is 22.2. The summed E-state index contributed by atoms with van der Waals surface area (Å²) in [5, 5.41) is 13.5. The minimum Gasteiger partial charge on any atom is -0.494 e. The average molecular weight is 986 g/mol. The number of benzene rings is 4. The van der Waals surface area contributed by atoms with E-state index in [0.717, 1.165) is 79.7 Å². The van der Waals surface area contributed by atoms with Crippen molar-refractivity contribution in [2.75, 3.05) is 42.3 Å². The Morgan fingerprint density at radius 2 is 1.80 bits per heavy atom. The van der Waals surface area contributed by atoms with Crippen molar-refractivity contribution in [3.05, 3.63) is 116 Å². The lowest BCUT2D eigenvalue weighted by Gasteiger charge is -2.52. The van der Waals surface area contributed by atoms with Gasteiger partial charge in [0.25, 0.3) is 5.91 Å². The van der Waals surface area contributed by atoms with Gasteiger partial charge in [0.1, 0.15) is 17.6 Å². The van der Waals surface area contributed by atoms with Crippen LogP contribution in [0.2, 0.25) is 10.0 Å². The molecule has 4 amide bonds. The van der Waals surface area contributed by atoms with Crippen LogP contribution in [0.4, 0.5) is 21.5 Å². The first-order chi connectivity index (χ1) is 33.5. The van der Waals surface area contributed by atoms with E-state index in [1.165, 1.54) is 0 Å².